The fraction of sp³-hybridized carbons (Fsp3) is 0.0909. The fourth-order valence-electron chi connectivity index (χ4n) is 2.83. The maximum absolute atomic E-state index is 12.6. The van der Waals surface area contributed by atoms with E-state index in [4.69, 9.17) is 20.8 Å². The van der Waals surface area contributed by atoms with Crippen molar-refractivity contribution >= 4 is 35.0 Å². The number of para-hydroxylation sites is 1. The van der Waals surface area contributed by atoms with E-state index in [1.54, 1.807) is 37.3 Å². The molecule has 31 heavy (non-hydrogen) atoms. The summed E-state index contributed by atoms with van der Waals surface area (Å²) in [6.07, 6.45) is 1.25. The van der Waals surface area contributed by atoms with Crippen LogP contribution in [0.2, 0.25) is 5.02 Å². The Labute approximate surface area is 182 Å². The fourth-order valence-corrected chi connectivity index (χ4v) is 2.98. The predicted octanol–water partition coefficient (Wildman–Crippen LogP) is 5.37. The molecule has 0 saturated carbocycles. The van der Waals surface area contributed by atoms with E-state index in [1.807, 2.05) is 6.07 Å². The Morgan fingerprint density at radius 2 is 2.03 bits per heavy atom. The van der Waals surface area contributed by atoms with Crippen LogP contribution in [0.3, 0.4) is 0 Å². The van der Waals surface area contributed by atoms with Crippen LogP contribution in [0.25, 0.3) is 17.4 Å². The van der Waals surface area contributed by atoms with E-state index in [0.29, 0.717) is 16.5 Å². The second-order valence-electron chi connectivity index (χ2n) is 6.40. The van der Waals surface area contributed by atoms with Gasteiger partial charge < -0.3 is 14.5 Å². The highest BCUT2D eigenvalue weighted by Gasteiger charge is 2.18. The molecule has 0 unspecified atom stereocenters. The highest BCUT2D eigenvalue weighted by Crippen LogP contribution is 2.33. The first-order chi connectivity index (χ1) is 14.8. The average Bonchev–Trinajstić information content (AvgIpc) is 3.22. The number of nitriles is 1. The third-order valence-corrected chi connectivity index (χ3v) is 4.78. The van der Waals surface area contributed by atoms with E-state index in [1.165, 1.54) is 31.4 Å². The summed E-state index contributed by atoms with van der Waals surface area (Å²) in [5.41, 5.74) is 1.03. The first kappa shape index (κ1) is 21.6. The largest absolute Gasteiger partial charge is 0.495 e. The zero-order valence-electron chi connectivity index (χ0n) is 16.5. The average molecular weight is 438 g/mol. The zero-order valence-corrected chi connectivity index (χ0v) is 17.3. The van der Waals surface area contributed by atoms with Gasteiger partial charge >= 0.3 is 0 Å². The normalized spacial score (nSPS) is 11.0. The van der Waals surface area contributed by atoms with Gasteiger partial charge in [0.15, 0.2) is 0 Å². The van der Waals surface area contributed by atoms with E-state index in [9.17, 15) is 20.2 Å². The summed E-state index contributed by atoms with van der Waals surface area (Å²) < 4.78 is 10.8. The van der Waals surface area contributed by atoms with Crippen LogP contribution in [0.15, 0.2) is 58.5 Å². The zero-order chi connectivity index (χ0) is 22.5. The first-order valence-electron chi connectivity index (χ1n) is 8.95. The van der Waals surface area contributed by atoms with Gasteiger partial charge in [-0.2, -0.15) is 5.26 Å². The van der Waals surface area contributed by atoms with Crippen molar-refractivity contribution in [3.8, 4) is 23.1 Å². The predicted molar refractivity (Wildman–Crippen MR) is 116 cm³/mol. The number of anilines is 1. The van der Waals surface area contributed by atoms with Gasteiger partial charge in [-0.05, 0) is 36.8 Å². The summed E-state index contributed by atoms with van der Waals surface area (Å²) in [6, 6.07) is 14.2. The van der Waals surface area contributed by atoms with Gasteiger partial charge in [-0.3, -0.25) is 14.9 Å². The maximum atomic E-state index is 12.6. The molecule has 0 fully saturated rings. The van der Waals surface area contributed by atoms with Gasteiger partial charge in [-0.1, -0.05) is 23.7 Å². The molecule has 9 heteroatoms. The summed E-state index contributed by atoms with van der Waals surface area (Å²) in [6.45, 7) is 1.77. The number of halogens is 1. The Morgan fingerprint density at radius 1 is 1.29 bits per heavy atom. The van der Waals surface area contributed by atoms with E-state index >= 15 is 0 Å². The lowest BCUT2D eigenvalue weighted by molar-refractivity contribution is -0.384. The van der Waals surface area contributed by atoms with Crippen LogP contribution in [0, 0.1) is 28.4 Å². The number of nitrogens with zero attached hydrogens (tertiary/aromatic N) is 2. The SMILES string of the molecule is COc1cc(Cl)c(C)cc1NC(=O)/C(C#N)=C/c1ccc(-c2ccccc2[N+](=O)[O-])o1. The molecule has 0 saturated heterocycles. The number of rotatable bonds is 6. The van der Waals surface area contributed by atoms with Crippen LogP contribution in [-0.2, 0) is 4.79 Å². The Hall–Kier alpha value is -4.09. The second-order valence-corrected chi connectivity index (χ2v) is 6.81. The standard InChI is InChI=1S/C22H16ClN3O5/c1-13-9-18(21(30-2)11-17(13)23)25-22(27)14(12-24)10-15-7-8-20(31-15)16-5-3-4-6-19(16)26(28)29/h3-11H,1-2H3,(H,25,27)/b14-10+. The topological polar surface area (TPSA) is 118 Å². The molecule has 8 nitrogen and oxygen atoms in total. The number of hydrogen-bond donors (Lipinski definition) is 1. The minimum Gasteiger partial charge on any atom is -0.495 e. The molecule has 0 bridgehead atoms. The van der Waals surface area contributed by atoms with Gasteiger partial charge in [0.1, 0.15) is 28.9 Å². The highest BCUT2D eigenvalue weighted by molar-refractivity contribution is 6.31. The molecule has 3 rings (SSSR count). The monoisotopic (exact) mass is 437 g/mol. The molecule has 0 aliphatic carbocycles. The number of hydrogen-bond acceptors (Lipinski definition) is 6. The quantitative estimate of drug-likeness (QED) is 0.239. The van der Waals surface area contributed by atoms with E-state index < -0.39 is 10.8 Å². The number of benzene rings is 2. The highest BCUT2D eigenvalue weighted by atomic mass is 35.5. The number of carbonyl (C=O) groups is 1. The molecule has 1 N–H and O–H groups in total. The summed E-state index contributed by atoms with van der Waals surface area (Å²) in [5.74, 6) is 0.106. The Bertz CT molecular complexity index is 1240. The number of nitro benzene ring substituents is 1. The molecule has 0 radical (unpaired) electrons. The lowest BCUT2D eigenvalue weighted by Gasteiger charge is -2.11. The van der Waals surface area contributed by atoms with Gasteiger partial charge in [0.2, 0.25) is 0 Å². The molecule has 1 heterocycles. The van der Waals surface area contributed by atoms with Gasteiger partial charge in [-0.15, -0.1) is 0 Å². The van der Waals surface area contributed by atoms with Gasteiger partial charge in [0.25, 0.3) is 11.6 Å². The van der Waals surface area contributed by atoms with Gasteiger partial charge in [-0.25, -0.2) is 0 Å². The smallest absolute Gasteiger partial charge is 0.280 e. The second kappa shape index (κ2) is 9.15. The number of ether oxygens (including phenoxy) is 1. The van der Waals surface area contributed by atoms with Crippen molar-refractivity contribution < 1.29 is 18.9 Å². The number of nitrogens with one attached hydrogen (secondary N) is 1. The Kier molecular flexibility index (Phi) is 6.38. The van der Waals surface area contributed by atoms with Crippen LogP contribution in [0.4, 0.5) is 11.4 Å². The van der Waals surface area contributed by atoms with Crippen LogP contribution >= 0.6 is 11.6 Å². The molecule has 0 aliphatic rings. The van der Waals surface area contributed by atoms with Gasteiger partial charge in [0, 0.05) is 23.2 Å². The summed E-state index contributed by atoms with van der Waals surface area (Å²) in [4.78, 5) is 23.3. The van der Waals surface area contributed by atoms with E-state index in [2.05, 4.69) is 5.32 Å². The molecule has 156 valence electrons. The molecule has 0 spiro atoms. The first-order valence-corrected chi connectivity index (χ1v) is 9.32. The number of aryl methyl sites for hydroxylation is 1. The number of amides is 1. The van der Waals surface area contributed by atoms with Crippen LogP contribution in [-0.4, -0.2) is 17.9 Å². The molecular weight excluding hydrogens is 422 g/mol. The van der Waals surface area contributed by atoms with Crippen molar-refractivity contribution in [2.24, 2.45) is 0 Å². The molecule has 0 aliphatic heterocycles. The van der Waals surface area contributed by atoms with Crippen molar-refractivity contribution in [3.63, 3.8) is 0 Å². The van der Waals surface area contributed by atoms with Crippen molar-refractivity contribution in [1.29, 1.82) is 5.26 Å². The van der Waals surface area contributed by atoms with Crippen molar-refractivity contribution in [2.75, 3.05) is 12.4 Å². The third kappa shape index (κ3) is 4.74. The number of furan rings is 1. The van der Waals surface area contributed by atoms with Crippen LogP contribution in [0.5, 0.6) is 5.75 Å². The third-order valence-electron chi connectivity index (χ3n) is 4.37. The molecule has 1 aromatic heterocycles. The molecule has 2 aromatic carbocycles. The lowest BCUT2D eigenvalue weighted by atomic mass is 10.1. The van der Waals surface area contributed by atoms with Crippen molar-refractivity contribution in [1.82, 2.24) is 0 Å². The van der Waals surface area contributed by atoms with Crippen molar-refractivity contribution in [3.05, 3.63) is 80.6 Å². The summed E-state index contributed by atoms with van der Waals surface area (Å²) in [7, 11) is 1.44. The number of methoxy groups -OCH3 is 1. The minimum atomic E-state index is -0.675. The molecule has 1 amide bonds. The van der Waals surface area contributed by atoms with Gasteiger partial charge in [0.05, 0.1) is 23.3 Å². The summed E-state index contributed by atoms with van der Waals surface area (Å²) >= 11 is 6.07. The maximum Gasteiger partial charge on any atom is 0.280 e. The Morgan fingerprint density at radius 3 is 2.71 bits per heavy atom. The van der Waals surface area contributed by atoms with Crippen molar-refractivity contribution in [2.45, 2.75) is 6.92 Å². The number of nitro groups is 1. The molecule has 0 atom stereocenters. The Balaban J connectivity index is 1.89. The van der Waals surface area contributed by atoms with Crippen LogP contribution in [0.1, 0.15) is 11.3 Å². The summed E-state index contributed by atoms with van der Waals surface area (Å²) in [5, 5.41) is 23.8. The number of carbonyl (C=O) groups excluding carboxylic acids is 1. The minimum absolute atomic E-state index is 0.115. The van der Waals surface area contributed by atoms with E-state index in [0.717, 1.165) is 5.56 Å². The molecular formula is C22H16ClN3O5. The lowest BCUT2D eigenvalue weighted by Crippen LogP contribution is -2.14. The van der Waals surface area contributed by atoms with Crippen LogP contribution < -0.4 is 10.1 Å². The molecule has 3 aromatic rings. The van der Waals surface area contributed by atoms with E-state index in [-0.39, 0.29) is 28.3 Å².